The van der Waals surface area contributed by atoms with Gasteiger partial charge in [-0.25, -0.2) is 9.97 Å². The van der Waals surface area contributed by atoms with E-state index in [9.17, 15) is 4.79 Å². The molecule has 1 aliphatic heterocycles. The number of rotatable bonds is 7. The summed E-state index contributed by atoms with van der Waals surface area (Å²) in [5.74, 6) is 0.0114. The lowest BCUT2D eigenvalue weighted by Gasteiger charge is -2.27. The van der Waals surface area contributed by atoms with Gasteiger partial charge < -0.3 is 10.6 Å². The van der Waals surface area contributed by atoms with Crippen molar-refractivity contribution in [2.24, 2.45) is 10.2 Å². The van der Waals surface area contributed by atoms with E-state index in [4.69, 9.17) is 0 Å². The first-order chi connectivity index (χ1) is 18.6. The number of anilines is 2. The van der Waals surface area contributed by atoms with Gasteiger partial charge in [-0.05, 0) is 60.5 Å². The second kappa shape index (κ2) is 12.1. The molecule has 38 heavy (non-hydrogen) atoms. The maximum atomic E-state index is 12.5. The monoisotopic (exact) mass is 506 g/mol. The molecule has 10 heteroatoms. The van der Waals surface area contributed by atoms with Gasteiger partial charge in [0, 0.05) is 68.1 Å². The third-order valence-corrected chi connectivity index (χ3v) is 6.19. The van der Waals surface area contributed by atoms with Crippen LogP contribution in [0.5, 0.6) is 0 Å². The maximum Gasteiger partial charge on any atom is 0.360 e. The van der Waals surface area contributed by atoms with E-state index in [2.05, 4.69) is 45.6 Å². The van der Waals surface area contributed by atoms with Gasteiger partial charge >= 0.3 is 5.91 Å². The van der Waals surface area contributed by atoms with Gasteiger partial charge in [0.25, 0.3) is 0 Å². The van der Waals surface area contributed by atoms with Crippen molar-refractivity contribution in [2.75, 3.05) is 31.5 Å². The van der Waals surface area contributed by atoms with Crippen LogP contribution in [-0.2, 0) is 6.54 Å². The quantitative estimate of drug-likeness (QED) is 0.281. The normalized spacial score (nSPS) is 13.4. The van der Waals surface area contributed by atoms with Crippen molar-refractivity contribution in [2.45, 2.75) is 13.5 Å². The van der Waals surface area contributed by atoms with Gasteiger partial charge in [0.1, 0.15) is 0 Å². The first-order valence-corrected chi connectivity index (χ1v) is 12.4. The Balaban J connectivity index is 1.24. The Morgan fingerprint density at radius 3 is 2.71 bits per heavy atom. The van der Waals surface area contributed by atoms with Crippen LogP contribution >= 0.6 is 0 Å². The molecule has 1 aliphatic rings. The van der Waals surface area contributed by atoms with Crippen LogP contribution in [0.25, 0.3) is 11.3 Å². The lowest BCUT2D eigenvalue weighted by molar-refractivity contribution is 0.0992. The number of carbonyl (C=O) groups excluding carboxylic acids is 1. The van der Waals surface area contributed by atoms with Crippen molar-refractivity contribution in [3.8, 4) is 11.3 Å². The summed E-state index contributed by atoms with van der Waals surface area (Å²) in [6, 6.07) is 18.7. The number of nitrogens with one attached hydrogen (secondary N) is 2. The van der Waals surface area contributed by atoms with Crippen molar-refractivity contribution in [1.29, 1.82) is 0 Å². The number of hydrogen-bond donors (Lipinski definition) is 2. The molecule has 0 bridgehead atoms. The molecule has 2 aromatic carbocycles. The molecule has 0 saturated carbocycles. The molecule has 0 atom stereocenters. The van der Waals surface area contributed by atoms with Crippen LogP contribution in [0.15, 0.2) is 89.5 Å². The summed E-state index contributed by atoms with van der Waals surface area (Å²) in [5.41, 5.74) is 5.61. The highest BCUT2D eigenvalue weighted by atomic mass is 16.1. The van der Waals surface area contributed by atoms with Crippen LogP contribution in [-0.4, -0.2) is 51.9 Å². The number of piperazine rings is 1. The summed E-state index contributed by atoms with van der Waals surface area (Å²) >= 11 is 0. The fourth-order valence-corrected chi connectivity index (χ4v) is 4.07. The van der Waals surface area contributed by atoms with E-state index in [0.29, 0.717) is 17.2 Å². The third-order valence-electron chi connectivity index (χ3n) is 6.19. The van der Waals surface area contributed by atoms with Gasteiger partial charge in [-0.1, -0.05) is 18.2 Å². The largest absolute Gasteiger partial charge is 0.360 e. The maximum absolute atomic E-state index is 12.5. The molecule has 190 valence electrons. The summed E-state index contributed by atoms with van der Waals surface area (Å²) in [4.78, 5) is 31.7. The van der Waals surface area contributed by atoms with E-state index >= 15 is 0 Å². The second-order valence-corrected chi connectivity index (χ2v) is 8.95. The smallest absolute Gasteiger partial charge is 0.324 e. The van der Waals surface area contributed by atoms with Crippen LogP contribution in [0.3, 0.4) is 0 Å². The molecule has 0 aliphatic carbocycles. The van der Waals surface area contributed by atoms with Crippen molar-refractivity contribution < 1.29 is 4.79 Å². The minimum Gasteiger partial charge on any atom is -0.324 e. The van der Waals surface area contributed by atoms with Gasteiger partial charge in [-0.3, -0.25) is 14.7 Å². The van der Waals surface area contributed by atoms with Crippen molar-refractivity contribution >= 4 is 23.2 Å². The van der Waals surface area contributed by atoms with Crippen LogP contribution < -0.4 is 15.5 Å². The number of benzene rings is 2. The Morgan fingerprint density at radius 2 is 1.92 bits per heavy atom. The number of amides is 1. The molecule has 10 nitrogen and oxygen atoms in total. The van der Waals surface area contributed by atoms with Crippen molar-refractivity contribution in [3.05, 3.63) is 95.9 Å². The highest BCUT2D eigenvalue weighted by Crippen LogP contribution is 2.25. The van der Waals surface area contributed by atoms with Crippen LogP contribution in [0.2, 0.25) is 0 Å². The zero-order valence-electron chi connectivity index (χ0n) is 21.1. The molecule has 1 saturated heterocycles. The van der Waals surface area contributed by atoms with Crippen molar-refractivity contribution in [3.63, 3.8) is 0 Å². The SMILES string of the molecule is Cc1ccc(N=[N+]=NC(=O)c2ccc(CN3CCNCC3)cc2)cc1Nc1nccc(-c2cccnc2)n1. The Bertz CT molecular complexity index is 1460. The molecule has 5 rings (SSSR count). The predicted octanol–water partition coefficient (Wildman–Crippen LogP) is 4.44. The first kappa shape index (κ1) is 25.0. The fraction of sp³-hybridized carbons (Fsp3) is 0.214. The van der Waals surface area contributed by atoms with E-state index in [-0.39, 0.29) is 0 Å². The summed E-state index contributed by atoms with van der Waals surface area (Å²) in [5, 5.41) is 14.5. The predicted molar refractivity (Wildman–Crippen MR) is 145 cm³/mol. The Hall–Kier alpha value is -4.63. The van der Waals surface area contributed by atoms with Gasteiger partial charge in [-0.2, -0.15) is 0 Å². The molecule has 1 fully saturated rings. The van der Waals surface area contributed by atoms with Gasteiger partial charge in [0.2, 0.25) is 16.0 Å². The van der Waals surface area contributed by atoms with E-state index in [0.717, 1.165) is 55.2 Å². The molecule has 2 N–H and O–H groups in total. The second-order valence-electron chi connectivity index (χ2n) is 8.95. The Labute approximate surface area is 220 Å². The van der Waals surface area contributed by atoms with Gasteiger partial charge in [0.05, 0.1) is 5.69 Å². The average Bonchev–Trinajstić information content (AvgIpc) is 2.96. The molecule has 0 unspecified atom stereocenters. The Morgan fingerprint density at radius 1 is 1.08 bits per heavy atom. The summed E-state index contributed by atoms with van der Waals surface area (Å²) < 4.78 is 0. The van der Waals surface area contributed by atoms with Crippen LogP contribution in [0, 0.1) is 6.92 Å². The zero-order chi connectivity index (χ0) is 26.2. The number of pyridine rings is 1. The fourth-order valence-electron chi connectivity index (χ4n) is 4.07. The zero-order valence-corrected chi connectivity index (χ0v) is 21.1. The number of carbonyl (C=O) groups is 1. The molecule has 0 radical (unpaired) electrons. The average molecular weight is 507 g/mol. The molecule has 4 aromatic rings. The standard InChI is InChI=1S/C28H28N9O/c1-20-4-9-24(17-26(20)33-28-31-12-10-25(32-28)23-3-2-11-30-18-23)34-36-35-27(38)22-7-5-21(6-8-22)19-37-15-13-29-14-16-37/h2-12,17-18,29H,13-16,19H2,1H3,(H,31,32,33)/q+1. The topological polar surface area (TPSA) is 122 Å². The highest BCUT2D eigenvalue weighted by Gasteiger charge is 2.13. The van der Waals surface area contributed by atoms with Gasteiger partial charge in [0.15, 0.2) is 10.8 Å². The first-order valence-electron chi connectivity index (χ1n) is 12.4. The molecule has 0 spiro atoms. The summed E-state index contributed by atoms with van der Waals surface area (Å²) in [7, 11) is 0. The minimum absolute atomic E-state index is 0.437. The lowest BCUT2D eigenvalue weighted by atomic mass is 10.1. The number of nitrogens with zero attached hydrogens (tertiary/aromatic N) is 7. The number of aromatic nitrogens is 3. The molecular formula is C28H28N9O+. The van der Waals surface area contributed by atoms with E-state index in [1.54, 1.807) is 30.7 Å². The number of hydrogen-bond acceptors (Lipinski definition) is 8. The lowest BCUT2D eigenvalue weighted by Crippen LogP contribution is -2.42. The third kappa shape index (κ3) is 6.57. The summed E-state index contributed by atoms with van der Waals surface area (Å²) in [6.07, 6.45) is 5.17. The van der Waals surface area contributed by atoms with Crippen molar-refractivity contribution in [1.82, 2.24) is 30.1 Å². The molecule has 3 heterocycles. The number of aryl methyl sites for hydroxylation is 1. The van der Waals surface area contributed by atoms with E-state index < -0.39 is 5.91 Å². The molecule has 1 amide bonds. The minimum atomic E-state index is -0.437. The molecule has 2 aromatic heterocycles. The Kier molecular flexibility index (Phi) is 7.95. The molecular weight excluding hydrogens is 478 g/mol. The van der Waals surface area contributed by atoms with E-state index in [1.807, 2.05) is 55.5 Å². The van der Waals surface area contributed by atoms with Gasteiger partial charge in [-0.15, -0.1) is 0 Å². The van der Waals surface area contributed by atoms with Crippen LogP contribution in [0.1, 0.15) is 21.5 Å². The summed E-state index contributed by atoms with van der Waals surface area (Å²) in [6.45, 7) is 6.90. The van der Waals surface area contributed by atoms with E-state index in [1.165, 1.54) is 5.56 Å². The highest BCUT2D eigenvalue weighted by molar-refractivity contribution is 5.94. The van der Waals surface area contributed by atoms with Crippen LogP contribution in [0.4, 0.5) is 17.3 Å².